The molecule has 0 heterocycles. The van der Waals surface area contributed by atoms with Crippen LogP contribution in [0.4, 0.5) is 0 Å². The summed E-state index contributed by atoms with van der Waals surface area (Å²) in [6.07, 6.45) is 15.4. The Labute approximate surface area is 156 Å². The fraction of sp³-hybridized carbons (Fsp3) is 1.00. The third-order valence-corrected chi connectivity index (χ3v) is 4.85. The number of unbranched alkanes of at least 4 members (excludes halogenated alkanes) is 11. The summed E-state index contributed by atoms with van der Waals surface area (Å²) in [5, 5.41) is 0. The van der Waals surface area contributed by atoms with Crippen molar-refractivity contribution in [3.05, 3.63) is 0 Å². The fourth-order valence-electron chi connectivity index (χ4n) is 2.21. The van der Waals surface area contributed by atoms with Gasteiger partial charge in [0.25, 0.3) is 10.1 Å². The van der Waals surface area contributed by atoms with Gasteiger partial charge in [-0.15, -0.1) is 0 Å². The van der Waals surface area contributed by atoms with E-state index in [0.29, 0.717) is 6.61 Å². The van der Waals surface area contributed by atoms with E-state index in [1.54, 1.807) is 6.92 Å². The standard InChI is InChI=1S/C16H34O3S.Na.H/c1-3-5-6-7-8-9-10-11-12-13-14-15-16-19-20(17,18)4-2;;/h3-16H2,1-2H3;;/q;+1;-1. The molecular formula is C16H35NaO3S. The molecule has 0 unspecified atom stereocenters. The first kappa shape index (κ1) is 24.2. The summed E-state index contributed by atoms with van der Waals surface area (Å²) >= 11 is 0. The van der Waals surface area contributed by atoms with Gasteiger partial charge in [-0.1, -0.05) is 77.6 Å². The van der Waals surface area contributed by atoms with Gasteiger partial charge in [-0.05, 0) is 13.3 Å². The maximum Gasteiger partial charge on any atom is 1.00 e. The molecule has 0 saturated carbocycles. The summed E-state index contributed by atoms with van der Waals surface area (Å²) in [4.78, 5) is 0. The van der Waals surface area contributed by atoms with Crippen molar-refractivity contribution in [3.63, 3.8) is 0 Å². The largest absolute Gasteiger partial charge is 1.00 e. The first-order chi connectivity index (χ1) is 9.62. The van der Waals surface area contributed by atoms with Crippen molar-refractivity contribution in [2.24, 2.45) is 0 Å². The first-order valence-corrected chi connectivity index (χ1v) is 10.1. The van der Waals surface area contributed by atoms with Crippen molar-refractivity contribution in [2.75, 3.05) is 12.4 Å². The van der Waals surface area contributed by atoms with E-state index < -0.39 is 10.1 Å². The van der Waals surface area contributed by atoms with Gasteiger partial charge in [-0.3, -0.25) is 4.18 Å². The first-order valence-electron chi connectivity index (χ1n) is 8.49. The molecule has 0 aromatic heterocycles. The Kier molecular flexibility index (Phi) is 19.9. The molecule has 124 valence electrons. The maximum atomic E-state index is 11.1. The Balaban J connectivity index is -0.00000180. The zero-order valence-electron chi connectivity index (χ0n) is 15.5. The van der Waals surface area contributed by atoms with E-state index in [2.05, 4.69) is 6.92 Å². The van der Waals surface area contributed by atoms with Crippen LogP contribution < -0.4 is 29.6 Å². The van der Waals surface area contributed by atoms with Crippen LogP contribution in [-0.2, 0) is 14.3 Å². The Hall–Kier alpha value is 0.910. The molecule has 0 radical (unpaired) electrons. The van der Waals surface area contributed by atoms with Crippen molar-refractivity contribution in [1.82, 2.24) is 0 Å². The molecule has 3 nitrogen and oxygen atoms in total. The zero-order valence-corrected chi connectivity index (χ0v) is 17.3. The van der Waals surface area contributed by atoms with Crippen LogP contribution >= 0.6 is 0 Å². The number of hydrogen-bond donors (Lipinski definition) is 0. The van der Waals surface area contributed by atoms with Crippen LogP contribution in [0, 0.1) is 0 Å². The second-order valence-corrected chi connectivity index (χ2v) is 7.49. The quantitative estimate of drug-likeness (QED) is 0.263. The SMILES string of the molecule is CCCCCCCCCCCCCCOS(=O)(=O)CC.[H-].[Na+]. The summed E-state index contributed by atoms with van der Waals surface area (Å²) < 4.78 is 27.0. The molecule has 5 heteroatoms. The molecule has 0 aromatic carbocycles. The smallest absolute Gasteiger partial charge is 1.00 e. The van der Waals surface area contributed by atoms with E-state index >= 15 is 0 Å². The van der Waals surface area contributed by atoms with Crippen LogP contribution in [0.25, 0.3) is 0 Å². The van der Waals surface area contributed by atoms with E-state index in [-0.39, 0.29) is 36.7 Å². The third-order valence-electron chi connectivity index (χ3n) is 3.61. The molecule has 0 aromatic rings. The van der Waals surface area contributed by atoms with Crippen molar-refractivity contribution < 1.29 is 43.6 Å². The van der Waals surface area contributed by atoms with E-state index in [0.717, 1.165) is 12.8 Å². The van der Waals surface area contributed by atoms with Crippen LogP contribution in [0.15, 0.2) is 0 Å². The molecule has 21 heavy (non-hydrogen) atoms. The molecule has 0 rings (SSSR count). The van der Waals surface area contributed by atoms with Gasteiger partial charge in [-0.2, -0.15) is 8.42 Å². The molecule has 0 aliphatic rings. The van der Waals surface area contributed by atoms with Crippen LogP contribution in [0.1, 0.15) is 92.3 Å². The van der Waals surface area contributed by atoms with Gasteiger partial charge in [0.05, 0.1) is 12.4 Å². The minimum absolute atomic E-state index is 0. The summed E-state index contributed by atoms with van der Waals surface area (Å²) in [5.41, 5.74) is 0. The molecule has 0 spiro atoms. The number of rotatable bonds is 15. The van der Waals surface area contributed by atoms with Gasteiger partial charge < -0.3 is 1.43 Å². The summed E-state index contributed by atoms with van der Waals surface area (Å²) in [5.74, 6) is 0.0747. The summed E-state index contributed by atoms with van der Waals surface area (Å²) in [7, 11) is -3.23. The van der Waals surface area contributed by atoms with E-state index in [1.165, 1.54) is 64.2 Å². The predicted octanol–water partition coefficient (Wildman–Crippen LogP) is 2.17. The minimum atomic E-state index is -3.23. The molecule has 0 aliphatic heterocycles. The van der Waals surface area contributed by atoms with Crippen LogP contribution in [0.3, 0.4) is 0 Å². The molecule has 0 bridgehead atoms. The van der Waals surface area contributed by atoms with Gasteiger partial charge in [0.15, 0.2) is 0 Å². The molecule has 0 aliphatic carbocycles. The molecule has 0 fully saturated rings. The zero-order chi connectivity index (χ0) is 15.1. The minimum Gasteiger partial charge on any atom is -1.00 e. The Morgan fingerprint density at radius 3 is 1.48 bits per heavy atom. The van der Waals surface area contributed by atoms with E-state index in [1.807, 2.05) is 0 Å². The van der Waals surface area contributed by atoms with Crippen LogP contribution in [0.5, 0.6) is 0 Å². The predicted molar refractivity (Wildman–Crippen MR) is 87.6 cm³/mol. The van der Waals surface area contributed by atoms with Gasteiger partial charge >= 0.3 is 29.6 Å². The Morgan fingerprint density at radius 2 is 1.10 bits per heavy atom. The van der Waals surface area contributed by atoms with E-state index in [4.69, 9.17) is 4.18 Å². The van der Waals surface area contributed by atoms with E-state index in [9.17, 15) is 8.42 Å². The van der Waals surface area contributed by atoms with Gasteiger partial charge in [0, 0.05) is 0 Å². The van der Waals surface area contributed by atoms with Crippen molar-refractivity contribution >= 4 is 10.1 Å². The monoisotopic (exact) mass is 330 g/mol. The fourth-order valence-corrected chi connectivity index (χ4v) is 2.75. The third kappa shape index (κ3) is 18.9. The van der Waals surface area contributed by atoms with Crippen LogP contribution in [0.2, 0.25) is 0 Å². The van der Waals surface area contributed by atoms with Gasteiger partial charge in [-0.25, -0.2) is 0 Å². The maximum absolute atomic E-state index is 11.1. The van der Waals surface area contributed by atoms with Gasteiger partial charge in [0.1, 0.15) is 0 Å². The average molecular weight is 331 g/mol. The van der Waals surface area contributed by atoms with Crippen molar-refractivity contribution in [3.8, 4) is 0 Å². The molecule has 0 saturated heterocycles. The van der Waals surface area contributed by atoms with Crippen molar-refractivity contribution in [1.29, 1.82) is 0 Å². The molecule has 0 amide bonds. The topological polar surface area (TPSA) is 43.4 Å². The number of hydrogen-bond acceptors (Lipinski definition) is 3. The second-order valence-electron chi connectivity index (χ2n) is 5.56. The molecular weight excluding hydrogens is 295 g/mol. The van der Waals surface area contributed by atoms with Crippen molar-refractivity contribution in [2.45, 2.75) is 90.9 Å². The van der Waals surface area contributed by atoms with Crippen LogP contribution in [-0.4, -0.2) is 20.8 Å². The Morgan fingerprint density at radius 1 is 0.714 bits per heavy atom. The normalized spacial score (nSPS) is 11.3. The average Bonchev–Trinajstić information content (AvgIpc) is 2.44. The summed E-state index contributed by atoms with van der Waals surface area (Å²) in [6, 6.07) is 0. The van der Waals surface area contributed by atoms with Gasteiger partial charge in [0.2, 0.25) is 0 Å². The molecule has 0 N–H and O–H groups in total. The second kappa shape index (κ2) is 17.3. The Bertz CT molecular complexity index is 298. The summed E-state index contributed by atoms with van der Waals surface area (Å²) in [6.45, 7) is 4.22. The molecule has 0 atom stereocenters.